The van der Waals surface area contributed by atoms with Crippen molar-refractivity contribution in [2.45, 2.75) is 38.8 Å². The van der Waals surface area contributed by atoms with Crippen LogP contribution < -0.4 is 10.6 Å². The van der Waals surface area contributed by atoms with Gasteiger partial charge in [0.05, 0.1) is 13.2 Å². The van der Waals surface area contributed by atoms with Crippen molar-refractivity contribution in [3.63, 3.8) is 0 Å². The van der Waals surface area contributed by atoms with Gasteiger partial charge in [-0.05, 0) is 12.8 Å². The summed E-state index contributed by atoms with van der Waals surface area (Å²) in [5.74, 6) is 0. The van der Waals surface area contributed by atoms with Crippen LogP contribution in [0.3, 0.4) is 0 Å². The van der Waals surface area contributed by atoms with Gasteiger partial charge in [0, 0.05) is 39.4 Å². The fourth-order valence-corrected chi connectivity index (χ4v) is 1.60. The van der Waals surface area contributed by atoms with Crippen molar-refractivity contribution in [1.82, 2.24) is 10.6 Å². The molecule has 0 aliphatic carbocycles. The van der Waals surface area contributed by atoms with Crippen LogP contribution in [-0.4, -0.2) is 52.6 Å². The highest BCUT2D eigenvalue weighted by Gasteiger charge is 2.06. The summed E-state index contributed by atoms with van der Waals surface area (Å²) in [5, 5.41) is 6.93. The van der Waals surface area contributed by atoms with Crippen LogP contribution in [0.2, 0.25) is 0 Å². The third-order valence-electron chi connectivity index (χ3n) is 2.71. The zero-order valence-electron chi connectivity index (χ0n) is 11.2. The molecule has 0 saturated heterocycles. The smallest absolute Gasteiger partial charge is 0.0615 e. The third kappa shape index (κ3) is 8.05. The van der Waals surface area contributed by atoms with Crippen molar-refractivity contribution in [2.24, 2.45) is 0 Å². The summed E-state index contributed by atoms with van der Waals surface area (Å²) < 4.78 is 10.3. The second-order valence-electron chi connectivity index (χ2n) is 4.03. The molecule has 0 aromatic rings. The van der Waals surface area contributed by atoms with Crippen molar-refractivity contribution in [3.8, 4) is 0 Å². The Balaban J connectivity index is 3.48. The molecule has 16 heavy (non-hydrogen) atoms. The normalized spacial score (nSPS) is 15.0. The van der Waals surface area contributed by atoms with Gasteiger partial charge in [-0.15, -0.1) is 0 Å². The van der Waals surface area contributed by atoms with Crippen LogP contribution in [-0.2, 0) is 9.47 Å². The van der Waals surface area contributed by atoms with Crippen LogP contribution in [0, 0.1) is 0 Å². The first-order valence-corrected chi connectivity index (χ1v) is 6.23. The van der Waals surface area contributed by atoms with Gasteiger partial charge in [-0.2, -0.15) is 0 Å². The van der Waals surface area contributed by atoms with Crippen molar-refractivity contribution >= 4 is 0 Å². The summed E-state index contributed by atoms with van der Waals surface area (Å²) in [5.41, 5.74) is 0. The first-order chi connectivity index (χ1) is 7.78. The molecule has 0 aromatic carbocycles. The maximum absolute atomic E-state index is 5.13. The fraction of sp³-hybridized carbons (Fsp3) is 1.00. The Kier molecular flexibility index (Phi) is 11.2. The molecule has 0 unspecified atom stereocenters. The minimum absolute atomic E-state index is 0.467. The minimum atomic E-state index is 0.467. The molecule has 2 N–H and O–H groups in total. The molecule has 2 atom stereocenters. The molecule has 0 radical (unpaired) electrons. The lowest BCUT2D eigenvalue weighted by Crippen LogP contribution is -2.41. The molecule has 0 saturated carbocycles. The van der Waals surface area contributed by atoms with Gasteiger partial charge in [0.2, 0.25) is 0 Å². The van der Waals surface area contributed by atoms with E-state index in [0.717, 1.165) is 39.1 Å². The number of hydrogen-bond acceptors (Lipinski definition) is 4. The van der Waals surface area contributed by atoms with Crippen molar-refractivity contribution in [2.75, 3.05) is 40.5 Å². The van der Waals surface area contributed by atoms with Crippen molar-refractivity contribution < 1.29 is 9.47 Å². The molecule has 4 nitrogen and oxygen atoms in total. The van der Waals surface area contributed by atoms with Gasteiger partial charge in [0.1, 0.15) is 0 Å². The molecule has 0 aliphatic heterocycles. The molecule has 0 heterocycles. The number of hydrogen-bond donors (Lipinski definition) is 2. The molecular formula is C12H28N2O2. The van der Waals surface area contributed by atoms with Crippen molar-refractivity contribution in [3.05, 3.63) is 0 Å². The maximum atomic E-state index is 5.13. The Morgan fingerprint density at radius 2 is 1.19 bits per heavy atom. The average molecular weight is 232 g/mol. The fourth-order valence-electron chi connectivity index (χ4n) is 1.60. The zero-order valence-corrected chi connectivity index (χ0v) is 11.2. The van der Waals surface area contributed by atoms with E-state index >= 15 is 0 Å². The van der Waals surface area contributed by atoms with E-state index < -0.39 is 0 Å². The lowest BCUT2D eigenvalue weighted by molar-refractivity contribution is 0.158. The second-order valence-corrected chi connectivity index (χ2v) is 4.03. The highest BCUT2D eigenvalue weighted by Crippen LogP contribution is 1.92. The van der Waals surface area contributed by atoms with Crippen LogP contribution in [0.25, 0.3) is 0 Å². The number of rotatable bonds is 11. The van der Waals surface area contributed by atoms with Crippen LogP contribution in [0.4, 0.5) is 0 Å². The summed E-state index contributed by atoms with van der Waals surface area (Å²) in [4.78, 5) is 0. The topological polar surface area (TPSA) is 42.5 Å². The second kappa shape index (κ2) is 11.3. The van der Waals surface area contributed by atoms with E-state index in [1.807, 2.05) is 0 Å². The highest BCUT2D eigenvalue weighted by atomic mass is 16.5. The lowest BCUT2D eigenvalue weighted by Gasteiger charge is -2.19. The first kappa shape index (κ1) is 15.8. The van der Waals surface area contributed by atoms with Gasteiger partial charge in [0.15, 0.2) is 0 Å². The average Bonchev–Trinajstić information content (AvgIpc) is 2.31. The maximum Gasteiger partial charge on any atom is 0.0615 e. The van der Waals surface area contributed by atoms with Gasteiger partial charge in [-0.25, -0.2) is 0 Å². The Hall–Kier alpha value is -0.160. The van der Waals surface area contributed by atoms with E-state index in [4.69, 9.17) is 9.47 Å². The molecular weight excluding hydrogens is 204 g/mol. The van der Waals surface area contributed by atoms with Gasteiger partial charge in [0.25, 0.3) is 0 Å². The SMILES string of the molecule is CC[C@@H](COC)NCCN[C@@H](CC)COC. The number of methoxy groups -OCH3 is 2. The van der Waals surface area contributed by atoms with E-state index in [2.05, 4.69) is 24.5 Å². The molecule has 4 heteroatoms. The number of nitrogens with one attached hydrogen (secondary N) is 2. The van der Waals surface area contributed by atoms with Crippen LogP contribution >= 0.6 is 0 Å². The van der Waals surface area contributed by atoms with Crippen molar-refractivity contribution in [1.29, 1.82) is 0 Å². The number of ether oxygens (including phenoxy) is 2. The molecule has 0 spiro atoms. The molecule has 0 aliphatic rings. The van der Waals surface area contributed by atoms with Gasteiger partial charge < -0.3 is 20.1 Å². The van der Waals surface area contributed by atoms with E-state index in [1.54, 1.807) is 14.2 Å². The Labute approximate surface area is 100 Å². The zero-order chi connectivity index (χ0) is 12.2. The standard InChI is InChI=1S/C12H28N2O2/c1-5-11(9-15-3)13-7-8-14-12(6-2)10-16-4/h11-14H,5-10H2,1-4H3/t11-,12-/m0/s1. The lowest BCUT2D eigenvalue weighted by atomic mass is 10.2. The highest BCUT2D eigenvalue weighted by molar-refractivity contribution is 4.67. The largest absolute Gasteiger partial charge is 0.383 e. The Morgan fingerprint density at radius 1 is 0.812 bits per heavy atom. The molecule has 98 valence electrons. The third-order valence-corrected chi connectivity index (χ3v) is 2.71. The summed E-state index contributed by atoms with van der Waals surface area (Å²) in [6.07, 6.45) is 2.20. The first-order valence-electron chi connectivity index (χ1n) is 6.23. The summed E-state index contributed by atoms with van der Waals surface area (Å²) >= 11 is 0. The van der Waals surface area contributed by atoms with E-state index in [9.17, 15) is 0 Å². The summed E-state index contributed by atoms with van der Waals surface area (Å²) in [6.45, 7) is 7.86. The Morgan fingerprint density at radius 3 is 1.44 bits per heavy atom. The van der Waals surface area contributed by atoms with E-state index in [0.29, 0.717) is 12.1 Å². The predicted molar refractivity (Wildman–Crippen MR) is 67.9 cm³/mol. The summed E-state index contributed by atoms with van der Waals surface area (Å²) in [6, 6.07) is 0.934. The van der Waals surface area contributed by atoms with E-state index in [-0.39, 0.29) is 0 Å². The predicted octanol–water partition coefficient (Wildman–Crippen LogP) is 1.02. The van der Waals surface area contributed by atoms with Crippen LogP contribution in [0.15, 0.2) is 0 Å². The van der Waals surface area contributed by atoms with E-state index in [1.165, 1.54) is 0 Å². The molecule has 0 bridgehead atoms. The van der Waals surface area contributed by atoms with Crippen LogP contribution in [0.1, 0.15) is 26.7 Å². The minimum Gasteiger partial charge on any atom is -0.383 e. The Bertz CT molecular complexity index is 129. The van der Waals surface area contributed by atoms with Gasteiger partial charge >= 0.3 is 0 Å². The van der Waals surface area contributed by atoms with Gasteiger partial charge in [-0.1, -0.05) is 13.8 Å². The van der Waals surface area contributed by atoms with Crippen LogP contribution in [0.5, 0.6) is 0 Å². The van der Waals surface area contributed by atoms with Gasteiger partial charge in [-0.3, -0.25) is 0 Å². The quantitative estimate of drug-likeness (QED) is 0.522. The molecule has 0 rings (SSSR count). The molecule has 0 aromatic heterocycles. The molecule has 0 amide bonds. The molecule has 0 fully saturated rings. The summed E-state index contributed by atoms with van der Waals surface area (Å²) in [7, 11) is 3.49. The monoisotopic (exact) mass is 232 g/mol.